The lowest BCUT2D eigenvalue weighted by Gasteiger charge is -2.11. The van der Waals surface area contributed by atoms with Crippen LogP contribution in [0.25, 0.3) is 0 Å². The van der Waals surface area contributed by atoms with Crippen molar-refractivity contribution in [1.82, 2.24) is 0 Å². The number of hydrogen-bond donors (Lipinski definition) is 0. The minimum Gasteiger partial charge on any atom is -0.430 e. The smallest absolute Gasteiger partial charge is 0.430 e. The first-order chi connectivity index (χ1) is 7.22. The van der Waals surface area contributed by atoms with Crippen molar-refractivity contribution in [3.8, 4) is 0 Å². The van der Waals surface area contributed by atoms with Crippen LogP contribution in [-0.2, 0) is 18.9 Å². The van der Waals surface area contributed by atoms with Gasteiger partial charge in [0.1, 0.15) is 6.61 Å². The molecule has 1 fully saturated rings. The summed E-state index contributed by atoms with van der Waals surface area (Å²) in [5, 5.41) is 0. The van der Waals surface area contributed by atoms with Crippen molar-refractivity contribution in [2.75, 3.05) is 26.4 Å². The minimum atomic E-state index is -0.612. The van der Waals surface area contributed by atoms with Gasteiger partial charge in [0.25, 0.3) is 0 Å². The molecule has 5 nitrogen and oxygen atoms in total. The Morgan fingerprint density at radius 2 is 2.33 bits per heavy atom. The maximum atomic E-state index is 10.5. The zero-order chi connectivity index (χ0) is 11.1. The molecular weight excluding hydrogens is 200 g/mol. The zero-order valence-electron chi connectivity index (χ0n) is 9.23. The van der Waals surface area contributed by atoms with Crippen molar-refractivity contribution in [2.45, 2.75) is 32.5 Å². The number of carbonyl (C=O) groups is 1. The Morgan fingerprint density at radius 1 is 1.53 bits per heavy atom. The molecule has 0 aromatic carbocycles. The highest BCUT2D eigenvalue weighted by Gasteiger charge is 2.24. The van der Waals surface area contributed by atoms with Crippen LogP contribution in [0.15, 0.2) is 0 Å². The monoisotopic (exact) mass is 218 g/mol. The van der Waals surface area contributed by atoms with E-state index < -0.39 is 6.16 Å². The van der Waals surface area contributed by atoms with Gasteiger partial charge in [0.15, 0.2) is 6.10 Å². The Balaban J connectivity index is 1.91. The van der Waals surface area contributed by atoms with Crippen LogP contribution in [0.5, 0.6) is 0 Å². The maximum Gasteiger partial charge on any atom is 0.508 e. The van der Waals surface area contributed by atoms with Crippen molar-refractivity contribution >= 4 is 6.16 Å². The molecule has 0 bridgehead atoms. The Bertz CT molecular complexity index is 194. The van der Waals surface area contributed by atoms with Crippen LogP contribution >= 0.6 is 0 Å². The highest BCUT2D eigenvalue weighted by atomic mass is 16.8. The third-order valence-electron chi connectivity index (χ3n) is 2.16. The van der Waals surface area contributed by atoms with Crippen LogP contribution in [0.3, 0.4) is 0 Å². The fourth-order valence-corrected chi connectivity index (χ4v) is 1.09. The van der Waals surface area contributed by atoms with Gasteiger partial charge in [-0.25, -0.2) is 4.79 Å². The van der Waals surface area contributed by atoms with Gasteiger partial charge in [-0.3, -0.25) is 0 Å². The first-order valence-electron chi connectivity index (χ1n) is 5.25. The Hall–Kier alpha value is -0.810. The quantitative estimate of drug-likeness (QED) is 0.477. The van der Waals surface area contributed by atoms with E-state index in [0.717, 1.165) is 6.42 Å². The number of rotatable bonds is 7. The van der Waals surface area contributed by atoms with Gasteiger partial charge in [-0.05, 0) is 13.3 Å². The van der Waals surface area contributed by atoms with Crippen LogP contribution in [0.1, 0.15) is 20.3 Å². The molecule has 1 aliphatic rings. The summed E-state index contributed by atoms with van der Waals surface area (Å²) < 4.78 is 20.1. The summed E-state index contributed by atoms with van der Waals surface area (Å²) in [5.41, 5.74) is 0. The predicted octanol–water partition coefficient (Wildman–Crippen LogP) is 1.35. The van der Waals surface area contributed by atoms with E-state index >= 15 is 0 Å². The topological polar surface area (TPSA) is 54.0 Å². The summed E-state index contributed by atoms with van der Waals surface area (Å²) in [6, 6.07) is 0. The molecule has 1 rings (SSSR count). The van der Waals surface area contributed by atoms with Gasteiger partial charge in [0.05, 0.1) is 25.9 Å². The highest BCUT2D eigenvalue weighted by Crippen LogP contribution is 2.06. The normalized spacial score (nSPS) is 22.3. The molecule has 1 heterocycles. The lowest BCUT2D eigenvalue weighted by molar-refractivity contribution is -0.0100. The minimum absolute atomic E-state index is 0.263. The van der Waals surface area contributed by atoms with Crippen LogP contribution < -0.4 is 0 Å². The van der Waals surface area contributed by atoms with Gasteiger partial charge in [-0.1, -0.05) is 6.92 Å². The summed E-state index contributed by atoms with van der Waals surface area (Å²) in [7, 11) is 0. The molecule has 5 heteroatoms. The number of cyclic esters (lactones) is 2. The fourth-order valence-electron chi connectivity index (χ4n) is 1.09. The molecule has 0 amide bonds. The molecular formula is C10H18O5. The molecule has 1 saturated heterocycles. The standard InChI is InChI=1S/C10H18O5/c1-3-8(2)13-5-4-12-6-9-7-14-10(11)15-9/h8-9H,3-7H2,1-2H3. The van der Waals surface area contributed by atoms with Crippen molar-refractivity contribution in [1.29, 1.82) is 0 Å². The lowest BCUT2D eigenvalue weighted by Crippen LogP contribution is -2.20. The summed E-state index contributed by atoms with van der Waals surface area (Å²) in [4.78, 5) is 10.5. The fraction of sp³-hybridized carbons (Fsp3) is 0.900. The second-order valence-corrected chi connectivity index (χ2v) is 3.47. The highest BCUT2D eigenvalue weighted by molar-refractivity contribution is 5.61. The van der Waals surface area contributed by atoms with Crippen LogP contribution in [0.4, 0.5) is 4.79 Å². The van der Waals surface area contributed by atoms with E-state index in [4.69, 9.17) is 14.2 Å². The van der Waals surface area contributed by atoms with E-state index in [0.29, 0.717) is 19.8 Å². The molecule has 2 atom stereocenters. The van der Waals surface area contributed by atoms with Crippen molar-refractivity contribution < 1.29 is 23.7 Å². The Labute approximate surface area is 89.6 Å². The van der Waals surface area contributed by atoms with Gasteiger partial charge in [0, 0.05) is 0 Å². The Kier molecular flexibility index (Phi) is 5.42. The molecule has 0 aromatic rings. The van der Waals surface area contributed by atoms with Crippen LogP contribution in [0.2, 0.25) is 0 Å². The van der Waals surface area contributed by atoms with Crippen molar-refractivity contribution in [3.05, 3.63) is 0 Å². The first-order valence-corrected chi connectivity index (χ1v) is 5.25. The molecule has 15 heavy (non-hydrogen) atoms. The summed E-state index contributed by atoms with van der Waals surface area (Å²) >= 11 is 0. The third-order valence-corrected chi connectivity index (χ3v) is 2.16. The van der Waals surface area contributed by atoms with Crippen molar-refractivity contribution in [3.63, 3.8) is 0 Å². The molecule has 0 spiro atoms. The molecule has 2 unspecified atom stereocenters. The average Bonchev–Trinajstić information content (AvgIpc) is 2.63. The van der Waals surface area contributed by atoms with Crippen molar-refractivity contribution in [2.24, 2.45) is 0 Å². The zero-order valence-corrected chi connectivity index (χ0v) is 9.23. The molecule has 0 saturated carbocycles. The predicted molar refractivity (Wildman–Crippen MR) is 52.7 cm³/mol. The largest absolute Gasteiger partial charge is 0.508 e. The van der Waals surface area contributed by atoms with Gasteiger partial charge in [-0.15, -0.1) is 0 Å². The molecule has 0 N–H and O–H groups in total. The summed E-state index contributed by atoms with van der Waals surface area (Å²) in [6.07, 6.45) is 0.385. The van der Waals surface area contributed by atoms with Crippen LogP contribution in [-0.4, -0.2) is 44.8 Å². The van der Waals surface area contributed by atoms with Gasteiger partial charge in [0.2, 0.25) is 0 Å². The van der Waals surface area contributed by atoms with E-state index in [1.807, 2.05) is 6.92 Å². The second kappa shape index (κ2) is 6.63. The molecule has 1 aliphatic heterocycles. The van der Waals surface area contributed by atoms with E-state index in [-0.39, 0.29) is 18.8 Å². The van der Waals surface area contributed by atoms with E-state index in [1.54, 1.807) is 0 Å². The third kappa shape index (κ3) is 4.99. The molecule has 0 aliphatic carbocycles. The molecule has 0 aromatic heterocycles. The summed E-state index contributed by atoms with van der Waals surface area (Å²) in [5.74, 6) is 0. The maximum absolute atomic E-state index is 10.5. The number of hydrogen-bond acceptors (Lipinski definition) is 5. The van der Waals surface area contributed by atoms with Gasteiger partial charge < -0.3 is 18.9 Å². The van der Waals surface area contributed by atoms with Crippen LogP contribution in [0, 0.1) is 0 Å². The number of ether oxygens (including phenoxy) is 4. The van der Waals surface area contributed by atoms with E-state index in [2.05, 4.69) is 11.7 Å². The first kappa shape index (κ1) is 12.3. The molecule has 88 valence electrons. The van der Waals surface area contributed by atoms with E-state index in [9.17, 15) is 4.79 Å². The average molecular weight is 218 g/mol. The molecule has 0 radical (unpaired) electrons. The SMILES string of the molecule is CCC(C)OCCOCC1COC(=O)O1. The lowest BCUT2D eigenvalue weighted by atomic mass is 10.3. The summed E-state index contributed by atoms with van der Waals surface area (Å²) in [6.45, 7) is 5.82. The number of carbonyl (C=O) groups excluding carboxylic acids is 1. The van der Waals surface area contributed by atoms with Gasteiger partial charge >= 0.3 is 6.16 Å². The van der Waals surface area contributed by atoms with E-state index in [1.165, 1.54) is 0 Å². The van der Waals surface area contributed by atoms with Gasteiger partial charge in [-0.2, -0.15) is 0 Å². The second-order valence-electron chi connectivity index (χ2n) is 3.47. The Morgan fingerprint density at radius 3 is 2.93 bits per heavy atom.